The quantitative estimate of drug-likeness (QED) is 0.271. The van der Waals surface area contributed by atoms with Crippen molar-refractivity contribution in [3.8, 4) is 0 Å². The normalized spacial score (nSPS) is 6.92. The van der Waals surface area contributed by atoms with Gasteiger partial charge in [-0.15, -0.1) is 0 Å². The van der Waals surface area contributed by atoms with Gasteiger partial charge in [0.1, 0.15) is 5.97 Å². The van der Waals surface area contributed by atoms with E-state index in [9.17, 15) is 24.6 Å². The molecule has 0 radical (unpaired) electrons. The van der Waals surface area contributed by atoms with Crippen LogP contribution < -0.4 is 10.2 Å². The molecule has 6 heteroatoms. The van der Waals surface area contributed by atoms with Crippen LogP contribution >= 0.6 is 0 Å². The number of rotatable bonds is 2. The van der Waals surface area contributed by atoms with E-state index in [0.717, 1.165) is 6.92 Å². The molecule has 0 rings (SSSR count). The molecule has 0 aromatic rings. The Labute approximate surface area is 91.6 Å². The van der Waals surface area contributed by atoms with Crippen LogP contribution in [0.25, 0.3) is 0 Å². The Bertz CT molecular complexity index is 173. The van der Waals surface area contributed by atoms with Gasteiger partial charge in [0.05, 0.1) is 5.97 Å². The van der Waals surface area contributed by atoms with Crippen molar-refractivity contribution in [3.05, 3.63) is 12.2 Å². The van der Waals surface area contributed by atoms with Crippen LogP contribution in [0.4, 0.5) is 0 Å². The summed E-state index contributed by atoms with van der Waals surface area (Å²) in [7, 11) is 0. The summed E-state index contributed by atoms with van der Waals surface area (Å²) in [5.41, 5.74) is 0.0648. The zero-order chi connectivity index (χ0) is 10.3. The van der Waals surface area contributed by atoms with E-state index in [4.69, 9.17) is 0 Å². The largest absolute Gasteiger partial charge is 2.00 e. The van der Waals surface area contributed by atoms with Crippen molar-refractivity contribution in [2.75, 3.05) is 0 Å². The van der Waals surface area contributed by atoms with E-state index >= 15 is 0 Å². The average Bonchev–Trinajstić information content (AvgIpc) is 1.88. The summed E-state index contributed by atoms with van der Waals surface area (Å²) in [5, 5.41) is 18.7. The first-order valence-corrected chi connectivity index (χ1v) is 2.87. The molecule has 0 saturated carbocycles. The van der Waals surface area contributed by atoms with E-state index in [0.29, 0.717) is 0 Å². The molecule has 0 saturated heterocycles. The summed E-state index contributed by atoms with van der Waals surface area (Å²) < 4.78 is 0. The maximum Gasteiger partial charge on any atom is 2.00 e. The van der Waals surface area contributed by atoms with Gasteiger partial charge in [0.15, 0.2) is 5.78 Å². The third kappa shape index (κ3) is 18.2. The van der Waals surface area contributed by atoms with Crippen LogP contribution in [-0.4, -0.2) is 40.8 Å². The monoisotopic (exact) mass is 196 g/mol. The Morgan fingerprint density at radius 2 is 1.15 bits per heavy atom. The van der Waals surface area contributed by atoms with Gasteiger partial charge in [0.25, 0.3) is 0 Å². The van der Waals surface area contributed by atoms with Crippen molar-refractivity contribution in [1.82, 2.24) is 0 Å². The maximum atomic E-state index is 9.49. The number of carbonyl (C=O) groups is 3. The van der Waals surface area contributed by atoms with Crippen molar-refractivity contribution < 1.29 is 24.6 Å². The van der Waals surface area contributed by atoms with E-state index in [2.05, 4.69) is 6.58 Å². The van der Waals surface area contributed by atoms with Crippen LogP contribution in [0.5, 0.6) is 0 Å². The van der Waals surface area contributed by atoms with Gasteiger partial charge in [-0.05, 0) is 12.5 Å². The average molecular weight is 196 g/mol. The van der Waals surface area contributed by atoms with Crippen LogP contribution in [0, 0.1) is 0 Å². The Balaban J connectivity index is -0.000000143. The molecule has 13 heavy (non-hydrogen) atoms. The van der Waals surface area contributed by atoms with Crippen molar-refractivity contribution in [1.29, 1.82) is 0 Å². The van der Waals surface area contributed by atoms with Gasteiger partial charge in [0.2, 0.25) is 0 Å². The van der Waals surface area contributed by atoms with Gasteiger partial charge in [-0.3, -0.25) is 4.79 Å². The second-order valence-electron chi connectivity index (χ2n) is 1.91. The fourth-order valence-corrected chi connectivity index (χ4v) is 0. The molecule has 0 atom stereocenters. The molecular weight excluding hydrogens is 188 g/mol. The predicted molar refractivity (Wildman–Crippen MR) is 41.3 cm³/mol. The molecule has 0 aliphatic rings. The molecule has 0 heterocycles. The van der Waals surface area contributed by atoms with E-state index in [1.807, 2.05) is 0 Å². The Morgan fingerprint density at radius 1 is 1.00 bits per heavy atom. The predicted octanol–water partition coefficient (Wildman–Crippen LogP) is -2.74. The minimum atomic E-state index is -1.63. The van der Waals surface area contributed by atoms with E-state index in [1.54, 1.807) is 0 Å². The number of ketones is 1. The molecule has 0 unspecified atom stereocenters. The number of carboxylic acid groups (broad SMARTS) is 2. The third-order valence-electron chi connectivity index (χ3n) is 0.636. The second-order valence-corrected chi connectivity index (χ2v) is 1.91. The van der Waals surface area contributed by atoms with Crippen LogP contribution in [0.15, 0.2) is 12.2 Å². The smallest absolute Gasteiger partial charge is 0.545 e. The summed E-state index contributed by atoms with van der Waals surface area (Å²) in [6.45, 7) is 5.42. The van der Waals surface area contributed by atoms with Crippen molar-refractivity contribution in [2.24, 2.45) is 0 Å². The molecule has 0 amide bonds. The Hall–Kier alpha value is -0.884. The standard InChI is InChI=1S/C4H6O2.C3H4O3.Mg/c1-3(2)4(5)6;1-2(4)3(5)6;/h1H2,2H3,(H,5,6);1H3,(H,5,6);/q;;+2/p-2. The minimum Gasteiger partial charge on any atom is -0.545 e. The molecule has 0 fully saturated rings. The molecule has 0 spiro atoms. The van der Waals surface area contributed by atoms with Crippen molar-refractivity contribution in [2.45, 2.75) is 13.8 Å². The zero-order valence-electron chi connectivity index (χ0n) is 7.46. The maximum absolute atomic E-state index is 9.49. The summed E-state index contributed by atoms with van der Waals surface area (Å²) in [5.74, 6) is -3.75. The van der Waals surface area contributed by atoms with Crippen LogP contribution in [0.3, 0.4) is 0 Å². The van der Waals surface area contributed by atoms with Gasteiger partial charge < -0.3 is 19.8 Å². The molecule has 0 aromatic heterocycles. The molecule has 0 aliphatic carbocycles. The summed E-state index contributed by atoms with van der Waals surface area (Å²) in [4.78, 5) is 28.2. The first-order valence-electron chi connectivity index (χ1n) is 2.87. The van der Waals surface area contributed by atoms with Crippen molar-refractivity contribution >= 4 is 40.8 Å². The second kappa shape index (κ2) is 9.21. The number of hydrogen-bond acceptors (Lipinski definition) is 5. The number of hydrogen-bond donors (Lipinski definition) is 0. The third-order valence-corrected chi connectivity index (χ3v) is 0.636. The molecule has 0 N–H and O–H groups in total. The van der Waals surface area contributed by atoms with Crippen LogP contribution in [-0.2, 0) is 14.4 Å². The molecule has 0 aliphatic heterocycles. The Morgan fingerprint density at radius 3 is 1.15 bits per heavy atom. The van der Waals surface area contributed by atoms with E-state index in [1.165, 1.54) is 6.92 Å². The number of aliphatic carboxylic acids is 2. The Kier molecular flexibility index (Phi) is 12.8. The molecule has 5 nitrogen and oxygen atoms in total. The SMILES string of the molecule is C=C(C)C(=O)[O-].CC(=O)C(=O)[O-].[Mg+2]. The van der Waals surface area contributed by atoms with E-state index < -0.39 is 17.7 Å². The first kappa shape index (κ1) is 18.0. The van der Waals surface area contributed by atoms with Gasteiger partial charge in [-0.1, -0.05) is 6.58 Å². The number of carboxylic acids is 2. The van der Waals surface area contributed by atoms with Gasteiger partial charge in [-0.2, -0.15) is 0 Å². The van der Waals surface area contributed by atoms with Gasteiger partial charge in [0, 0.05) is 6.92 Å². The first-order chi connectivity index (χ1) is 5.29. The van der Waals surface area contributed by atoms with Crippen molar-refractivity contribution in [3.63, 3.8) is 0 Å². The summed E-state index contributed by atoms with van der Waals surface area (Å²) >= 11 is 0. The van der Waals surface area contributed by atoms with E-state index in [-0.39, 0.29) is 28.6 Å². The van der Waals surface area contributed by atoms with Crippen LogP contribution in [0.1, 0.15) is 13.8 Å². The number of carbonyl (C=O) groups excluding carboxylic acids is 3. The minimum absolute atomic E-state index is 0. The van der Waals surface area contributed by atoms with Crippen LogP contribution in [0.2, 0.25) is 0 Å². The fraction of sp³-hybridized carbons (Fsp3) is 0.286. The van der Waals surface area contributed by atoms with Gasteiger partial charge in [-0.25, -0.2) is 0 Å². The molecule has 0 aromatic carbocycles. The molecule has 68 valence electrons. The fourth-order valence-electron chi connectivity index (χ4n) is 0. The topological polar surface area (TPSA) is 97.3 Å². The molecule has 0 bridgehead atoms. The molecular formula is C7H8MgO5. The summed E-state index contributed by atoms with van der Waals surface area (Å²) in [6.07, 6.45) is 0. The number of Topliss-reactive ketones (excluding diaryl/α,β-unsaturated/α-hetero) is 1. The summed E-state index contributed by atoms with van der Waals surface area (Å²) in [6, 6.07) is 0. The zero-order valence-corrected chi connectivity index (χ0v) is 8.87. The van der Waals surface area contributed by atoms with Gasteiger partial charge >= 0.3 is 23.1 Å².